The predicted octanol–water partition coefficient (Wildman–Crippen LogP) is 4.62. The first-order valence-electron chi connectivity index (χ1n) is 9.76. The van der Waals surface area contributed by atoms with Crippen LogP contribution in [0.25, 0.3) is 0 Å². The Labute approximate surface area is 213 Å². The molecule has 2 rings (SSSR count). The fourth-order valence-corrected chi connectivity index (χ4v) is 4.78. The molecule has 1 N–H and O–H groups in total. The number of amides is 2. The first kappa shape index (κ1) is 27.5. The van der Waals surface area contributed by atoms with Crippen LogP contribution in [0.1, 0.15) is 18.9 Å². The summed E-state index contributed by atoms with van der Waals surface area (Å²) < 4.78 is 26.0. The van der Waals surface area contributed by atoms with E-state index in [9.17, 15) is 18.0 Å². The minimum atomic E-state index is -3.88. The van der Waals surface area contributed by atoms with Crippen molar-refractivity contribution in [2.75, 3.05) is 24.2 Å². The summed E-state index contributed by atoms with van der Waals surface area (Å²) >= 11 is 24.2. The molecule has 12 heteroatoms. The van der Waals surface area contributed by atoms with Crippen molar-refractivity contribution < 1.29 is 18.0 Å². The zero-order valence-corrected chi connectivity index (χ0v) is 22.0. The number of rotatable bonds is 9. The first-order valence-corrected chi connectivity index (χ1v) is 13.1. The molecule has 0 radical (unpaired) electrons. The van der Waals surface area contributed by atoms with Gasteiger partial charge in [0, 0.05) is 23.6 Å². The van der Waals surface area contributed by atoms with Crippen LogP contribution >= 0.6 is 46.4 Å². The number of sulfonamides is 1. The van der Waals surface area contributed by atoms with Gasteiger partial charge >= 0.3 is 0 Å². The Kier molecular flexibility index (Phi) is 9.70. The second-order valence-corrected chi connectivity index (χ2v) is 10.7. The third kappa shape index (κ3) is 7.13. The maximum Gasteiger partial charge on any atom is 0.244 e. The lowest BCUT2D eigenvalue weighted by molar-refractivity contribution is -0.140. The van der Waals surface area contributed by atoms with Gasteiger partial charge in [-0.15, -0.1) is 0 Å². The molecule has 33 heavy (non-hydrogen) atoms. The van der Waals surface area contributed by atoms with E-state index in [1.165, 1.54) is 36.2 Å². The van der Waals surface area contributed by atoms with E-state index in [0.717, 1.165) is 10.6 Å². The molecule has 0 saturated carbocycles. The summed E-state index contributed by atoms with van der Waals surface area (Å²) in [7, 11) is -2.42. The highest BCUT2D eigenvalue weighted by molar-refractivity contribution is 7.92. The molecule has 0 aliphatic carbocycles. The number of carbonyl (C=O) groups excluding carboxylic acids is 2. The molecule has 0 bridgehead atoms. The lowest BCUT2D eigenvalue weighted by atomic mass is 10.1. The van der Waals surface area contributed by atoms with Crippen LogP contribution in [-0.2, 0) is 26.2 Å². The highest BCUT2D eigenvalue weighted by Gasteiger charge is 2.31. The maximum absolute atomic E-state index is 13.4. The molecule has 0 aliphatic heterocycles. The Balaban J connectivity index is 2.48. The normalized spacial score (nSPS) is 12.2. The Morgan fingerprint density at radius 2 is 1.67 bits per heavy atom. The summed E-state index contributed by atoms with van der Waals surface area (Å²) in [5.74, 6) is -0.996. The van der Waals surface area contributed by atoms with Gasteiger partial charge < -0.3 is 10.2 Å². The molecule has 2 amide bonds. The van der Waals surface area contributed by atoms with Crippen LogP contribution in [0.2, 0.25) is 20.1 Å². The van der Waals surface area contributed by atoms with E-state index in [-0.39, 0.29) is 22.3 Å². The molecule has 0 aromatic heterocycles. The second kappa shape index (κ2) is 11.6. The molecule has 0 fully saturated rings. The van der Waals surface area contributed by atoms with E-state index in [1.807, 2.05) is 0 Å². The highest BCUT2D eigenvalue weighted by atomic mass is 35.5. The first-order chi connectivity index (χ1) is 15.4. The second-order valence-electron chi connectivity index (χ2n) is 7.16. The Bertz CT molecular complexity index is 1140. The van der Waals surface area contributed by atoms with E-state index in [1.54, 1.807) is 19.1 Å². The third-order valence-corrected chi connectivity index (χ3v) is 7.33. The van der Waals surface area contributed by atoms with Crippen LogP contribution in [0.4, 0.5) is 5.69 Å². The lowest BCUT2D eigenvalue weighted by Gasteiger charge is -2.32. The van der Waals surface area contributed by atoms with E-state index in [2.05, 4.69) is 5.32 Å². The number of nitrogens with zero attached hydrogens (tertiary/aromatic N) is 2. The molecule has 7 nitrogen and oxygen atoms in total. The van der Waals surface area contributed by atoms with Gasteiger partial charge in [-0.05, 0) is 42.3 Å². The van der Waals surface area contributed by atoms with Crippen molar-refractivity contribution in [3.8, 4) is 0 Å². The van der Waals surface area contributed by atoms with Gasteiger partial charge in [0.2, 0.25) is 21.8 Å². The van der Waals surface area contributed by atoms with Gasteiger partial charge in [-0.2, -0.15) is 0 Å². The Morgan fingerprint density at radius 1 is 1.00 bits per heavy atom. The number of benzene rings is 2. The number of hydrogen-bond donors (Lipinski definition) is 1. The fourth-order valence-electron chi connectivity index (χ4n) is 3.17. The van der Waals surface area contributed by atoms with Gasteiger partial charge in [0.1, 0.15) is 12.6 Å². The molecule has 1 unspecified atom stereocenters. The molecule has 180 valence electrons. The van der Waals surface area contributed by atoms with Crippen molar-refractivity contribution in [2.24, 2.45) is 0 Å². The van der Waals surface area contributed by atoms with Gasteiger partial charge in [0.05, 0.1) is 22.0 Å². The minimum Gasteiger partial charge on any atom is -0.357 e. The van der Waals surface area contributed by atoms with Gasteiger partial charge in [-0.25, -0.2) is 8.42 Å². The minimum absolute atomic E-state index is 0.0280. The summed E-state index contributed by atoms with van der Waals surface area (Å²) in [6.07, 6.45) is 1.27. The molecule has 1 atom stereocenters. The van der Waals surface area contributed by atoms with Crippen molar-refractivity contribution in [3.63, 3.8) is 0 Å². The van der Waals surface area contributed by atoms with Crippen LogP contribution < -0.4 is 9.62 Å². The molecule has 0 heterocycles. The van der Waals surface area contributed by atoms with Crippen LogP contribution in [0, 0.1) is 0 Å². The summed E-state index contributed by atoms with van der Waals surface area (Å²) in [6.45, 7) is 1.16. The van der Waals surface area contributed by atoms with Crippen molar-refractivity contribution in [3.05, 3.63) is 62.1 Å². The maximum atomic E-state index is 13.4. The number of hydrogen-bond acceptors (Lipinski definition) is 4. The largest absolute Gasteiger partial charge is 0.357 e. The zero-order chi connectivity index (χ0) is 24.9. The van der Waals surface area contributed by atoms with Crippen LogP contribution in [0.5, 0.6) is 0 Å². The smallest absolute Gasteiger partial charge is 0.244 e. The van der Waals surface area contributed by atoms with E-state index in [4.69, 9.17) is 46.4 Å². The van der Waals surface area contributed by atoms with Crippen LogP contribution in [0.3, 0.4) is 0 Å². The molecule has 0 saturated heterocycles. The average Bonchev–Trinajstić information content (AvgIpc) is 2.74. The fraction of sp³-hybridized carbons (Fsp3) is 0.333. The van der Waals surface area contributed by atoms with Gasteiger partial charge in [0.25, 0.3) is 0 Å². The van der Waals surface area contributed by atoms with Crippen LogP contribution in [-0.4, -0.2) is 51.0 Å². The summed E-state index contributed by atoms with van der Waals surface area (Å²) in [4.78, 5) is 27.3. The monoisotopic (exact) mass is 553 g/mol. The van der Waals surface area contributed by atoms with E-state index >= 15 is 0 Å². The molecule has 2 aromatic carbocycles. The van der Waals surface area contributed by atoms with Crippen molar-refractivity contribution in [2.45, 2.75) is 25.9 Å². The van der Waals surface area contributed by atoms with Crippen molar-refractivity contribution in [1.29, 1.82) is 0 Å². The number of halogens is 4. The molecule has 0 aliphatic rings. The highest BCUT2D eigenvalue weighted by Crippen LogP contribution is 2.29. The SMILES string of the molecule is CCC(C(=O)NC)N(Cc1ccc(Cl)cc1Cl)C(=O)CN(c1ccc(Cl)c(Cl)c1)S(C)(=O)=O. The lowest BCUT2D eigenvalue weighted by Crippen LogP contribution is -2.51. The molecule has 0 spiro atoms. The summed E-state index contributed by atoms with van der Waals surface area (Å²) in [5.41, 5.74) is 0.718. The van der Waals surface area contributed by atoms with Crippen molar-refractivity contribution in [1.82, 2.24) is 10.2 Å². The number of anilines is 1. The van der Waals surface area contributed by atoms with Gasteiger partial charge in [0.15, 0.2) is 0 Å². The number of likely N-dealkylation sites (N-methyl/N-ethyl adjacent to an activating group) is 1. The van der Waals surface area contributed by atoms with Gasteiger partial charge in [-0.1, -0.05) is 59.4 Å². The summed E-state index contributed by atoms with van der Waals surface area (Å²) in [6, 6.07) is 8.17. The zero-order valence-electron chi connectivity index (χ0n) is 18.1. The molecular formula is C21H23Cl4N3O4S. The number of carbonyl (C=O) groups is 2. The van der Waals surface area contributed by atoms with E-state index in [0.29, 0.717) is 22.0 Å². The molecule has 2 aromatic rings. The topological polar surface area (TPSA) is 86.8 Å². The molecular weight excluding hydrogens is 532 g/mol. The number of nitrogens with one attached hydrogen (secondary N) is 1. The summed E-state index contributed by atoms with van der Waals surface area (Å²) in [5, 5.41) is 3.65. The van der Waals surface area contributed by atoms with E-state index < -0.39 is 34.4 Å². The Hall–Kier alpha value is -1.71. The Morgan fingerprint density at radius 3 is 2.18 bits per heavy atom. The van der Waals surface area contributed by atoms with Crippen LogP contribution in [0.15, 0.2) is 36.4 Å². The average molecular weight is 555 g/mol. The van der Waals surface area contributed by atoms with Gasteiger partial charge in [-0.3, -0.25) is 13.9 Å². The quantitative estimate of drug-likeness (QED) is 0.490. The standard InChI is InChI=1S/C21H23Cl4N3O4S/c1-4-19(21(30)26-2)27(11-13-5-6-14(22)9-17(13)24)20(29)12-28(33(3,31)32)15-7-8-16(23)18(25)10-15/h5-10,19H,4,11-12H2,1-3H3,(H,26,30). The third-order valence-electron chi connectivity index (χ3n) is 4.86. The predicted molar refractivity (Wildman–Crippen MR) is 134 cm³/mol. The van der Waals surface area contributed by atoms with Crippen molar-refractivity contribution >= 4 is 73.9 Å².